The molecule has 0 radical (unpaired) electrons. The van der Waals surface area contributed by atoms with E-state index in [9.17, 15) is 28.8 Å². The molecule has 10 heteroatoms. The Balaban J connectivity index is 0.723. The zero-order chi connectivity index (χ0) is 59.9. The van der Waals surface area contributed by atoms with Gasteiger partial charge >= 0.3 is 0 Å². The first-order valence-electron chi connectivity index (χ1n) is 29.8. The molecule has 10 nitrogen and oxygen atoms in total. The van der Waals surface area contributed by atoms with Crippen LogP contribution in [0.4, 0.5) is 17.1 Å². The lowest BCUT2D eigenvalue weighted by Crippen LogP contribution is -2.33. The third-order valence-corrected chi connectivity index (χ3v) is 18.2. The molecule has 10 aromatic carbocycles. The van der Waals surface area contributed by atoms with Gasteiger partial charge in [-0.1, -0.05) is 192 Å². The third-order valence-electron chi connectivity index (χ3n) is 18.2. The molecule has 6 amide bonds. The highest BCUT2D eigenvalue weighted by atomic mass is 16.2. The Morgan fingerprint density at radius 3 is 1.17 bits per heavy atom. The summed E-state index contributed by atoms with van der Waals surface area (Å²) in [6.07, 6.45) is 2.22. The molecule has 87 heavy (non-hydrogen) atoms. The first-order valence-corrected chi connectivity index (χ1v) is 29.8. The molecule has 10 aromatic rings. The van der Waals surface area contributed by atoms with Gasteiger partial charge in [0.2, 0.25) is 0 Å². The van der Waals surface area contributed by atoms with Gasteiger partial charge in [0, 0.05) is 29.0 Å². The number of carbonyl (C=O) groups is 6. The van der Waals surface area contributed by atoms with Gasteiger partial charge in [-0.25, -0.2) is 4.90 Å². The van der Waals surface area contributed by atoms with Gasteiger partial charge < -0.3 is 10.6 Å². The van der Waals surface area contributed by atoms with E-state index in [1.54, 1.807) is 24.3 Å². The minimum Gasteiger partial charge on any atom is -0.322 e. The average Bonchev–Trinajstić information content (AvgIpc) is 1.58. The van der Waals surface area contributed by atoms with E-state index in [-0.39, 0.29) is 39.6 Å². The second-order valence-corrected chi connectivity index (χ2v) is 23.7. The number of imide groups is 2. The first-order chi connectivity index (χ1) is 42.3. The quantitative estimate of drug-likeness (QED) is 0.104. The smallest absolute Gasteiger partial charge is 0.266 e. The molecule has 1 unspecified atom stereocenters. The van der Waals surface area contributed by atoms with Gasteiger partial charge in [0.15, 0.2) is 0 Å². The van der Waals surface area contributed by atoms with Crippen LogP contribution in [0.3, 0.4) is 0 Å². The second kappa shape index (κ2) is 21.2. The molecular weight excluding hydrogens is 1080 g/mol. The average molecular weight is 1140 g/mol. The number of nitrogens with one attached hydrogen (secondary N) is 2. The molecule has 0 bridgehead atoms. The summed E-state index contributed by atoms with van der Waals surface area (Å²) >= 11 is 0. The monoisotopic (exact) mass is 1140 g/mol. The van der Waals surface area contributed by atoms with Gasteiger partial charge in [0.1, 0.15) is 0 Å². The Morgan fingerprint density at radius 1 is 0.402 bits per heavy atom. The highest BCUT2D eigenvalue weighted by Gasteiger charge is 2.48. The molecule has 2 heterocycles. The zero-order valence-corrected chi connectivity index (χ0v) is 48.6. The minimum absolute atomic E-state index is 0.0965. The van der Waals surface area contributed by atoms with Crippen LogP contribution in [-0.2, 0) is 10.8 Å². The van der Waals surface area contributed by atoms with Crippen molar-refractivity contribution in [2.24, 2.45) is 5.92 Å². The van der Waals surface area contributed by atoms with Gasteiger partial charge in [-0.05, 0) is 163 Å². The number of carbonyl (C=O) groups excluding carboxylic acids is 6. The molecular formula is C77H60N4O6. The summed E-state index contributed by atoms with van der Waals surface area (Å²) in [6.45, 7) is 8.67. The van der Waals surface area contributed by atoms with Gasteiger partial charge in [-0.15, -0.1) is 0 Å². The van der Waals surface area contributed by atoms with Gasteiger partial charge in [0.25, 0.3) is 35.4 Å². The van der Waals surface area contributed by atoms with E-state index >= 15 is 0 Å². The summed E-state index contributed by atoms with van der Waals surface area (Å²) in [6, 6.07) is 75.3. The van der Waals surface area contributed by atoms with Crippen molar-refractivity contribution in [2.75, 3.05) is 22.1 Å². The standard InChI is InChI=1S/C77H60N4O6/c1-5-14-47(4)48-23-27-51(28-24-48)76(66-19-10-6-15-58(66)59-16-7-11-20-67(59)76)54-33-39-57(40-34-54)81-74(86)63-42-26-50(44-65(63)75(81)87)71(83)79-56-37-31-53(32-38-56)77(68-21-12-8-17-60(68)61-18-9-13-22-69(61)77)52-29-35-55(36-30-52)78-70(82)49-25-41-62-64(43-49)73(85)80(72(62)84)45-46(2)3/h6-13,15-44,46-47H,5,14,45H2,1-4H3,(H,78,82)(H,79,83). The van der Waals surface area contributed by atoms with Crippen molar-refractivity contribution in [2.45, 2.75) is 57.3 Å². The van der Waals surface area contributed by atoms with E-state index < -0.39 is 40.4 Å². The Bertz CT molecular complexity index is 4420. The van der Waals surface area contributed by atoms with Crippen LogP contribution in [0.5, 0.6) is 0 Å². The van der Waals surface area contributed by atoms with Gasteiger partial charge in [0.05, 0.1) is 38.8 Å². The number of hydrogen-bond acceptors (Lipinski definition) is 6. The molecule has 0 saturated heterocycles. The Hall–Kier alpha value is -10.6. The van der Waals surface area contributed by atoms with E-state index in [4.69, 9.17) is 0 Å². The molecule has 2 aliphatic carbocycles. The van der Waals surface area contributed by atoms with Crippen molar-refractivity contribution in [3.8, 4) is 22.3 Å². The molecule has 0 fully saturated rings. The molecule has 1 atom stereocenters. The maximum absolute atomic E-state index is 14.5. The number of anilines is 3. The number of rotatable bonds is 14. The molecule has 0 saturated carbocycles. The number of hydrogen-bond donors (Lipinski definition) is 2. The van der Waals surface area contributed by atoms with E-state index in [0.717, 1.165) is 57.3 Å². The Morgan fingerprint density at radius 2 is 0.759 bits per heavy atom. The van der Waals surface area contributed by atoms with Gasteiger partial charge in [-0.2, -0.15) is 0 Å². The predicted octanol–water partition coefficient (Wildman–Crippen LogP) is 15.9. The van der Waals surface area contributed by atoms with E-state index in [0.29, 0.717) is 35.1 Å². The molecule has 2 N–H and O–H groups in total. The number of amides is 6. The first kappa shape index (κ1) is 54.4. The highest BCUT2D eigenvalue weighted by molar-refractivity contribution is 6.35. The highest BCUT2D eigenvalue weighted by Crippen LogP contribution is 2.58. The minimum atomic E-state index is -0.806. The van der Waals surface area contributed by atoms with Crippen LogP contribution >= 0.6 is 0 Å². The fraction of sp³-hybridized carbons (Fsp3) is 0.143. The molecule has 424 valence electrons. The van der Waals surface area contributed by atoms with Crippen LogP contribution in [0.1, 0.15) is 159 Å². The van der Waals surface area contributed by atoms with Crippen LogP contribution in [0.2, 0.25) is 0 Å². The molecule has 0 aromatic heterocycles. The number of fused-ring (bicyclic) bond motifs is 8. The van der Waals surface area contributed by atoms with E-state index in [2.05, 4.69) is 122 Å². The van der Waals surface area contributed by atoms with Crippen molar-refractivity contribution >= 4 is 52.5 Å². The zero-order valence-electron chi connectivity index (χ0n) is 48.6. The van der Waals surface area contributed by atoms with Crippen molar-refractivity contribution in [3.63, 3.8) is 0 Å². The number of benzene rings is 10. The molecule has 14 rings (SSSR count). The van der Waals surface area contributed by atoms with E-state index in [1.165, 1.54) is 49.7 Å². The van der Waals surface area contributed by atoms with Crippen molar-refractivity contribution in [3.05, 3.63) is 314 Å². The summed E-state index contributed by atoms with van der Waals surface area (Å²) in [4.78, 5) is 85.4. The fourth-order valence-electron chi connectivity index (χ4n) is 14.2. The maximum atomic E-state index is 14.5. The Labute approximate surface area is 505 Å². The van der Waals surface area contributed by atoms with Crippen LogP contribution in [0, 0.1) is 5.92 Å². The third kappa shape index (κ3) is 8.52. The topological polar surface area (TPSA) is 133 Å². The van der Waals surface area contributed by atoms with E-state index in [1.807, 2.05) is 111 Å². The van der Waals surface area contributed by atoms with Crippen molar-refractivity contribution in [1.82, 2.24) is 4.90 Å². The van der Waals surface area contributed by atoms with Gasteiger partial charge in [-0.3, -0.25) is 33.7 Å². The summed E-state index contributed by atoms with van der Waals surface area (Å²) in [5.41, 5.74) is 15.7. The summed E-state index contributed by atoms with van der Waals surface area (Å²) in [7, 11) is 0. The largest absolute Gasteiger partial charge is 0.322 e. The number of nitrogens with zero attached hydrogens (tertiary/aromatic N) is 2. The second-order valence-electron chi connectivity index (χ2n) is 23.7. The van der Waals surface area contributed by atoms with Crippen LogP contribution in [-0.4, -0.2) is 46.9 Å². The predicted molar refractivity (Wildman–Crippen MR) is 341 cm³/mol. The normalized spacial score (nSPS) is 15.0. The fourth-order valence-corrected chi connectivity index (χ4v) is 14.2. The van der Waals surface area contributed by atoms with Crippen LogP contribution in [0.25, 0.3) is 22.3 Å². The van der Waals surface area contributed by atoms with Crippen molar-refractivity contribution in [1.29, 1.82) is 0 Å². The van der Waals surface area contributed by atoms with Crippen LogP contribution in [0.15, 0.2) is 231 Å². The van der Waals surface area contributed by atoms with Crippen molar-refractivity contribution < 1.29 is 28.8 Å². The lowest BCUT2D eigenvalue weighted by molar-refractivity contribution is 0.0635. The molecule has 2 aliphatic heterocycles. The summed E-state index contributed by atoms with van der Waals surface area (Å²) in [5.74, 6) is -2.05. The molecule has 0 spiro atoms. The lowest BCUT2D eigenvalue weighted by atomic mass is 9.67. The maximum Gasteiger partial charge on any atom is 0.266 e. The molecule has 4 aliphatic rings. The summed E-state index contributed by atoms with van der Waals surface area (Å²) < 4.78 is 0. The lowest BCUT2D eigenvalue weighted by Gasteiger charge is -2.34. The SMILES string of the molecule is CCCC(C)c1ccc(C2(c3ccc(N4C(=O)c5ccc(C(=O)Nc6ccc(C7(c8ccc(NC(=O)c9ccc%10c(c9)C(=O)N(CC(C)C)C%10=O)cc8)c8ccccc8-c8ccccc87)cc6)cc5C4=O)cc3)c3ccccc3-c3ccccc32)cc1. The Kier molecular flexibility index (Phi) is 13.2. The van der Waals surface area contributed by atoms with Crippen LogP contribution < -0.4 is 15.5 Å². The summed E-state index contributed by atoms with van der Waals surface area (Å²) in [5, 5.41) is 6.04.